The number of carbonyl (C=O) groups excluding carboxylic acids is 1. The molecule has 1 amide bonds. The monoisotopic (exact) mass is 361 g/mol. The lowest BCUT2D eigenvalue weighted by atomic mass is 10.2. The molecule has 0 spiro atoms. The van der Waals surface area contributed by atoms with E-state index >= 15 is 0 Å². The number of carbonyl (C=O) groups is 1. The lowest BCUT2D eigenvalue weighted by Gasteiger charge is -2.10. The number of nitrogens with one attached hydrogen (secondary N) is 1. The Morgan fingerprint density at radius 2 is 1.78 bits per heavy atom. The average molecular weight is 362 g/mol. The number of rotatable bonds is 4. The SMILES string of the molecule is CS(=O)(=O)NC(=O)c1cc(Cl)c(Oc2ccc(F)cc2)cc1F. The second-order valence-corrected chi connectivity index (χ2v) is 6.68. The van der Waals surface area contributed by atoms with Crippen LogP contribution >= 0.6 is 11.6 Å². The number of ether oxygens (including phenoxy) is 1. The molecule has 0 fully saturated rings. The molecule has 0 atom stereocenters. The molecule has 0 aliphatic heterocycles. The fourth-order valence-electron chi connectivity index (χ4n) is 1.63. The molecule has 0 aromatic heterocycles. The van der Waals surface area contributed by atoms with E-state index in [1.165, 1.54) is 12.1 Å². The van der Waals surface area contributed by atoms with Crippen LogP contribution in [0.25, 0.3) is 0 Å². The first-order valence-corrected chi connectivity index (χ1v) is 8.37. The Morgan fingerprint density at radius 3 is 2.35 bits per heavy atom. The Balaban J connectivity index is 2.30. The standard InChI is InChI=1S/C14H10ClF2NO4S/c1-23(20,21)18-14(19)10-6-11(15)13(7-12(10)17)22-9-4-2-8(16)3-5-9/h2-7H,1H3,(H,18,19). The maximum atomic E-state index is 14.0. The Kier molecular flexibility index (Phi) is 4.86. The van der Waals surface area contributed by atoms with Crippen molar-refractivity contribution >= 4 is 27.5 Å². The third kappa shape index (κ3) is 4.64. The normalized spacial score (nSPS) is 11.1. The molecule has 2 aromatic rings. The van der Waals surface area contributed by atoms with Crippen LogP contribution in [-0.4, -0.2) is 20.6 Å². The number of sulfonamides is 1. The summed E-state index contributed by atoms with van der Waals surface area (Å²) in [6, 6.07) is 6.70. The number of amides is 1. The predicted octanol–water partition coefficient (Wildman–Crippen LogP) is 3.10. The van der Waals surface area contributed by atoms with Crippen LogP contribution in [0.5, 0.6) is 11.5 Å². The maximum Gasteiger partial charge on any atom is 0.267 e. The average Bonchev–Trinajstić information content (AvgIpc) is 2.43. The van der Waals surface area contributed by atoms with E-state index in [1.807, 2.05) is 0 Å². The van der Waals surface area contributed by atoms with Crippen molar-refractivity contribution in [3.63, 3.8) is 0 Å². The van der Waals surface area contributed by atoms with E-state index in [4.69, 9.17) is 16.3 Å². The molecule has 23 heavy (non-hydrogen) atoms. The Morgan fingerprint density at radius 1 is 1.17 bits per heavy atom. The van der Waals surface area contributed by atoms with Crippen molar-refractivity contribution < 1.29 is 26.7 Å². The van der Waals surface area contributed by atoms with Gasteiger partial charge in [-0.05, 0) is 30.3 Å². The van der Waals surface area contributed by atoms with Gasteiger partial charge in [-0.2, -0.15) is 0 Å². The van der Waals surface area contributed by atoms with E-state index in [9.17, 15) is 22.0 Å². The van der Waals surface area contributed by atoms with Crippen LogP contribution in [0.4, 0.5) is 8.78 Å². The number of hydrogen-bond acceptors (Lipinski definition) is 4. The maximum absolute atomic E-state index is 14.0. The highest BCUT2D eigenvalue weighted by molar-refractivity contribution is 7.89. The van der Waals surface area contributed by atoms with Crippen LogP contribution in [0, 0.1) is 11.6 Å². The first-order valence-electron chi connectivity index (χ1n) is 6.10. The second kappa shape index (κ2) is 6.51. The van der Waals surface area contributed by atoms with Crippen molar-refractivity contribution in [2.75, 3.05) is 6.26 Å². The first kappa shape index (κ1) is 17.2. The molecule has 2 aromatic carbocycles. The van der Waals surface area contributed by atoms with Gasteiger partial charge in [0.1, 0.15) is 23.1 Å². The zero-order chi connectivity index (χ0) is 17.2. The van der Waals surface area contributed by atoms with E-state index in [-0.39, 0.29) is 16.5 Å². The molecule has 0 unspecified atom stereocenters. The number of benzene rings is 2. The highest BCUT2D eigenvalue weighted by Gasteiger charge is 2.19. The molecule has 5 nitrogen and oxygen atoms in total. The van der Waals surface area contributed by atoms with Crippen molar-refractivity contribution in [1.82, 2.24) is 4.72 Å². The molecular weight excluding hydrogens is 352 g/mol. The Bertz CT molecular complexity index is 854. The fraction of sp³-hybridized carbons (Fsp3) is 0.0714. The molecule has 0 saturated heterocycles. The van der Waals surface area contributed by atoms with E-state index in [2.05, 4.69) is 0 Å². The third-order valence-electron chi connectivity index (χ3n) is 2.59. The minimum Gasteiger partial charge on any atom is -0.456 e. The van der Waals surface area contributed by atoms with Gasteiger partial charge in [0.25, 0.3) is 5.91 Å². The summed E-state index contributed by atoms with van der Waals surface area (Å²) in [5.74, 6) is -2.54. The summed E-state index contributed by atoms with van der Waals surface area (Å²) >= 11 is 5.90. The quantitative estimate of drug-likeness (QED) is 0.908. The summed E-state index contributed by atoms with van der Waals surface area (Å²) in [5.41, 5.74) is -0.549. The highest BCUT2D eigenvalue weighted by atomic mass is 35.5. The van der Waals surface area contributed by atoms with Crippen molar-refractivity contribution in [1.29, 1.82) is 0 Å². The zero-order valence-corrected chi connectivity index (χ0v) is 13.2. The summed E-state index contributed by atoms with van der Waals surface area (Å²) in [7, 11) is -3.84. The van der Waals surface area contributed by atoms with E-state index in [0.29, 0.717) is 0 Å². The molecular formula is C14H10ClF2NO4S. The summed E-state index contributed by atoms with van der Waals surface area (Å²) < 4.78 is 55.7. The smallest absolute Gasteiger partial charge is 0.267 e. The Labute approximate surface area is 135 Å². The van der Waals surface area contributed by atoms with Gasteiger partial charge in [-0.3, -0.25) is 4.79 Å². The van der Waals surface area contributed by atoms with Crippen LogP contribution in [0.2, 0.25) is 5.02 Å². The minimum atomic E-state index is -3.84. The highest BCUT2D eigenvalue weighted by Crippen LogP contribution is 2.31. The fourth-order valence-corrected chi connectivity index (χ4v) is 2.28. The lowest BCUT2D eigenvalue weighted by molar-refractivity contribution is 0.0977. The van der Waals surface area contributed by atoms with Gasteiger partial charge in [0, 0.05) is 6.07 Å². The number of hydrogen-bond donors (Lipinski definition) is 1. The van der Waals surface area contributed by atoms with Crippen LogP contribution in [0.1, 0.15) is 10.4 Å². The summed E-state index contributed by atoms with van der Waals surface area (Å²) in [4.78, 5) is 11.7. The van der Waals surface area contributed by atoms with Gasteiger partial charge in [-0.1, -0.05) is 11.6 Å². The van der Waals surface area contributed by atoms with Gasteiger partial charge in [0.2, 0.25) is 10.0 Å². The van der Waals surface area contributed by atoms with Gasteiger partial charge in [-0.15, -0.1) is 0 Å². The van der Waals surface area contributed by atoms with Crippen LogP contribution in [0.3, 0.4) is 0 Å². The topological polar surface area (TPSA) is 72.5 Å². The second-order valence-electron chi connectivity index (χ2n) is 4.52. The predicted molar refractivity (Wildman–Crippen MR) is 80.2 cm³/mol. The molecule has 0 aliphatic rings. The molecule has 0 aliphatic carbocycles. The van der Waals surface area contributed by atoms with Crippen LogP contribution < -0.4 is 9.46 Å². The minimum absolute atomic E-state index is 0.105. The van der Waals surface area contributed by atoms with Crippen molar-refractivity contribution in [3.05, 3.63) is 58.6 Å². The van der Waals surface area contributed by atoms with Gasteiger partial charge in [0.15, 0.2) is 0 Å². The van der Waals surface area contributed by atoms with Crippen molar-refractivity contribution in [2.45, 2.75) is 0 Å². The van der Waals surface area contributed by atoms with Gasteiger partial charge in [0.05, 0.1) is 16.8 Å². The molecule has 9 heteroatoms. The molecule has 0 saturated carbocycles. The van der Waals surface area contributed by atoms with E-state index in [0.717, 1.165) is 30.5 Å². The third-order valence-corrected chi connectivity index (χ3v) is 3.44. The first-order chi connectivity index (χ1) is 10.7. The van der Waals surface area contributed by atoms with Crippen LogP contribution in [0.15, 0.2) is 36.4 Å². The van der Waals surface area contributed by atoms with E-state index in [1.54, 1.807) is 4.72 Å². The van der Waals surface area contributed by atoms with E-state index < -0.39 is 33.1 Å². The Hall–Kier alpha value is -2.19. The lowest BCUT2D eigenvalue weighted by Crippen LogP contribution is -2.30. The zero-order valence-electron chi connectivity index (χ0n) is 11.6. The molecule has 0 radical (unpaired) electrons. The molecule has 122 valence electrons. The van der Waals surface area contributed by atoms with Crippen molar-refractivity contribution in [3.8, 4) is 11.5 Å². The summed E-state index contributed by atoms with van der Waals surface area (Å²) in [6.45, 7) is 0. The molecule has 1 N–H and O–H groups in total. The van der Waals surface area contributed by atoms with Crippen LogP contribution in [-0.2, 0) is 10.0 Å². The molecule has 0 heterocycles. The van der Waals surface area contributed by atoms with Crippen molar-refractivity contribution in [2.24, 2.45) is 0 Å². The van der Waals surface area contributed by atoms with Gasteiger partial charge < -0.3 is 4.74 Å². The molecule has 0 bridgehead atoms. The van der Waals surface area contributed by atoms with Gasteiger partial charge in [-0.25, -0.2) is 21.9 Å². The largest absolute Gasteiger partial charge is 0.456 e. The van der Waals surface area contributed by atoms with Gasteiger partial charge >= 0.3 is 0 Å². The summed E-state index contributed by atoms with van der Waals surface area (Å²) in [5, 5.41) is -0.116. The summed E-state index contributed by atoms with van der Waals surface area (Å²) in [6.07, 6.45) is 0.760. The number of halogens is 3. The molecule has 2 rings (SSSR count).